The van der Waals surface area contributed by atoms with Gasteiger partial charge in [0, 0.05) is 19.3 Å². The van der Waals surface area contributed by atoms with E-state index in [4.69, 9.17) is 14.2 Å². The Morgan fingerprint density at radius 2 is 0.500 bits per heavy atom. The van der Waals surface area contributed by atoms with Crippen molar-refractivity contribution in [3.8, 4) is 0 Å². The van der Waals surface area contributed by atoms with Gasteiger partial charge in [-0.25, -0.2) is 0 Å². The van der Waals surface area contributed by atoms with Crippen LogP contribution in [-0.2, 0) is 28.6 Å². The fourth-order valence-corrected chi connectivity index (χ4v) is 9.10. The molecular formula is C72H122O6. The number of carbonyl (C=O) groups is 3. The van der Waals surface area contributed by atoms with Crippen LogP contribution in [0, 0.1) is 0 Å². The summed E-state index contributed by atoms with van der Waals surface area (Å²) in [5, 5.41) is 0. The molecular weight excluding hydrogens is 961 g/mol. The van der Waals surface area contributed by atoms with Crippen LogP contribution in [0.25, 0.3) is 0 Å². The third-order valence-electron chi connectivity index (χ3n) is 14.0. The summed E-state index contributed by atoms with van der Waals surface area (Å²) in [5.74, 6) is -0.917. The maximum absolute atomic E-state index is 12.8. The van der Waals surface area contributed by atoms with E-state index in [1.807, 2.05) is 0 Å². The monoisotopic (exact) mass is 1080 g/mol. The molecule has 0 fully saturated rings. The van der Waals surface area contributed by atoms with Gasteiger partial charge in [0.2, 0.25) is 0 Å². The van der Waals surface area contributed by atoms with Crippen LogP contribution in [0.5, 0.6) is 0 Å². The number of hydrogen-bond acceptors (Lipinski definition) is 6. The summed E-state index contributed by atoms with van der Waals surface area (Å²) in [6.45, 7) is 6.45. The molecule has 78 heavy (non-hydrogen) atoms. The van der Waals surface area contributed by atoms with E-state index in [1.165, 1.54) is 148 Å². The molecule has 0 radical (unpaired) electrons. The molecule has 6 heteroatoms. The van der Waals surface area contributed by atoms with Crippen LogP contribution in [0.15, 0.2) is 109 Å². The summed E-state index contributed by atoms with van der Waals surface area (Å²) < 4.78 is 16.8. The lowest BCUT2D eigenvalue weighted by atomic mass is 10.0. The summed E-state index contributed by atoms with van der Waals surface area (Å²) >= 11 is 0. The zero-order chi connectivity index (χ0) is 56.4. The van der Waals surface area contributed by atoms with E-state index >= 15 is 0 Å². The average Bonchev–Trinajstić information content (AvgIpc) is 3.44. The Balaban J connectivity index is 4.09. The minimum atomic E-state index is -0.790. The first-order chi connectivity index (χ1) is 38.5. The van der Waals surface area contributed by atoms with Crippen LogP contribution in [0.1, 0.15) is 310 Å². The highest BCUT2D eigenvalue weighted by Gasteiger charge is 2.19. The van der Waals surface area contributed by atoms with Crippen molar-refractivity contribution < 1.29 is 28.6 Å². The summed E-state index contributed by atoms with van der Waals surface area (Å²) in [4.78, 5) is 38.0. The van der Waals surface area contributed by atoms with Crippen LogP contribution in [0.3, 0.4) is 0 Å². The second kappa shape index (κ2) is 65.6. The van der Waals surface area contributed by atoms with Crippen LogP contribution in [0.2, 0.25) is 0 Å². The molecule has 446 valence electrons. The lowest BCUT2D eigenvalue weighted by Crippen LogP contribution is -2.30. The maximum atomic E-state index is 12.8. The van der Waals surface area contributed by atoms with Crippen LogP contribution >= 0.6 is 0 Å². The topological polar surface area (TPSA) is 78.9 Å². The molecule has 0 spiro atoms. The molecule has 1 atom stereocenters. The van der Waals surface area contributed by atoms with Crippen molar-refractivity contribution in [2.75, 3.05) is 13.2 Å². The highest BCUT2D eigenvalue weighted by molar-refractivity contribution is 5.71. The Labute approximate surface area is 482 Å². The predicted molar refractivity (Wildman–Crippen MR) is 339 cm³/mol. The molecule has 0 saturated carbocycles. The Bertz CT molecular complexity index is 1570. The van der Waals surface area contributed by atoms with Crippen molar-refractivity contribution in [3.05, 3.63) is 109 Å². The Hall–Kier alpha value is -3.93. The first kappa shape index (κ1) is 74.1. The van der Waals surface area contributed by atoms with Gasteiger partial charge in [0.15, 0.2) is 6.10 Å². The second-order valence-corrected chi connectivity index (χ2v) is 21.6. The van der Waals surface area contributed by atoms with Gasteiger partial charge in [-0.05, 0) is 109 Å². The molecule has 0 aliphatic rings. The van der Waals surface area contributed by atoms with Crippen molar-refractivity contribution in [2.45, 2.75) is 316 Å². The second-order valence-electron chi connectivity index (χ2n) is 21.6. The molecule has 0 aromatic heterocycles. The third-order valence-corrected chi connectivity index (χ3v) is 14.0. The standard InChI is InChI=1S/C72H122O6/c1-4-7-10-13-16-18-20-22-24-26-28-30-32-33-34-35-36-37-38-39-41-42-44-46-48-50-52-54-56-59-62-65-71(74)77-68-69(67-76-70(73)64-61-58-15-12-9-6-3)78-72(75)66-63-60-57-55-53-51-49-47-45-43-40-31-29-27-25-23-21-19-17-14-11-8-5-2/h8,11,17,19-20,22-23,25-26,28-29,31-33,43,45,49,51,69H,4-7,9-10,12-16,18,21,24,27,30,34-42,44,46-48,50,52-68H2,1-3H3/b11-8-,19-17-,22-20-,25-23-,28-26-,31-29-,33-32-,45-43-,51-49-. The van der Waals surface area contributed by atoms with E-state index in [2.05, 4.69) is 130 Å². The quantitative estimate of drug-likeness (QED) is 0.0261. The van der Waals surface area contributed by atoms with Gasteiger partial charge in [-0.15, -0.1) is 0 Å². The van der Waals surface area contributed by atoms with Gasteiger partial charge in [-0.2, -0.15) is 0 Å². The highest BCUT2D eigenvalue weighted by Crippen LogP contribution is 2.16. The smallest absolute Gasteiger partial charge is 0.306 e. The lowest BCUT2D eigenvalue weighted by Gasteiger charge is -2.18. The van der Waals surface area contributed by atoms with Gasteiger partial charge in [-0.1, -0.05) is 291 Å². The van der Waals surface area contributed by atoms with Crippen molar-refractivity contribution in [1.29, 1.82) is 0 Å². The molecule has 1 unspecified atom stereocenters. The van der Waals surface area contributed by atoms with Crippen molar-refractivity contribution in [2.24, 2.45) is 0 Å². The molecule has 0 aliphatic heterocycles. The summed E-state index contributed by atoms with van der Waals surface area (Å²) in [6, 6.07) is 0. The molecule has 0 bridgehead atoms. The zero-order valence-corrected chi connectivity index (χ0v) is 51.2. The van der Waals surface area contributed by atoms with Gasteiger partial charge in [-0.3, -0.25) is 14.4 Å². The number of rotatable bonds is 59. The number of ether oxygens (including phenoxy) is 3. The van der Waals surface area contributed by atoms with E-state index in [1.54, 1.807) is 0 Å². The normalized spacial score (nSPS) is 12.8. The van der Waals surface area contributed by atoms with Gasteiger partial charge in [0.25, 0.3) is 0 Å². The third kappa shape index (κ3) is 62.9. The van der Waals surface area contributed by atoms with Gasteiger partial charge >= 0.3 is 17.9 Å². The lowest BCUT2D eigenvalue weighted by molar-refractivity contribution is -0.167. The largest absolute Gasteiger partial charge is 0.462 e. The van der Waals surface area contributed by atoms with E-state index in [0.717, 1.165) is 122 Å². The summed E-state index contributed by atoms with van der Waals surface area (Å²) in [6.07, 6.45) is 90.0. The van der Waals surface area contributed by atoms with Crippen molar-refractivity contribution in [3.63, 3.8) is 0 Å². The number of esters is 3. The van der Waals surface area contributed by atoms with E-state index in [9.17, 15) is 14.4 Å². The van der Waals surface area contributed by atoms with E-state index < -0.39 is 6.10 Å². The summed E-state index contributed by atoms with van der Waals surface area (Å²) in [7, 11) is 0. The number of carbonyl (C=O) groups excluding carboxylic acids is 3. The average molecular weight is 1080 g/mol. The Kier molecular flexibility index (Phi) is 62.3. The molecule has 0 aliphatic carbocycles. The SMILES string of the molecule is CC/C=C\C/C=C\C/C=C\C/C=C\C/C=C\C/C=C\CCCCCCC(=O)OC(COC(=O)CCCCCCCC)COC(=O)CCCCCCCCCCCCCCCCCC/C=C\C/C=C\C/C=C\CCCCCCC. The highest BCUT2D eigenvalue weighted by atomic mass is 16.6. The Morgan fingerprint density at radius 3 is 0.782 bits per heavy atom. The van der Waals surface area contributed by atoms with Gasteiger partial charge in [0.05, 0.1) is 0 Å². The number of unbranched alkanes of at least 4 members (excludes halogenated alkanes) is 30. The molecule has 6 nitrogen and oxygen atoms in total. The minimum absolute atomic E-state index is 0.0876. The summed E-state index contributed by atoms with van der Waals surface area (Å²) in [5.41, 5.74) is 0. The van der Waals surface area contributed by atoms with Gasteiger partial charge < -0.3 is 14.2 Å². The van der Waals surface area contributed by atoms with E-state index in [0.29, 0.717) is 19.3 Å². The van der Waals surface area contributed by atoms with Crippen LogP contribution in [-0.4, -0.2) is 37.2 Å². The first-order valence-electron chi connectivity index (χ1n) is 32.9. The molecule has 0 saturated heterocycles. The zero-order valence-electron chi connectivity index (χ0n) is 51.2. The van der Waals surface area contributed by atoms with Crippen molar-refractivity contribution >= 4 is 17.9 Å². The Morgan fingerprint density at radius 1 is 0.269 bits per heavy atom. The maximum Gasteiger partial charge on any atom is 0.306 e. The number of hydrogen-bond donors (Lipinski definition) is 0. The van der Waals surface area contributed by atoms with E-state index in [-0.39, 0.29) is 31.1 Å². The molecule has 0 heterocycles. The molecule has 0 aromatic rings. The fourth-order valence-electron chi connectivity index (χ4n) is 9.10. The fraction of sp³-hybridized carbons (Fsp3) is 0.708. The van der Waals surface area contributed by atoms with Crippen LogP contribution in [0.4, 0.5) is 0 Å². The minimum Gasteiger partial charge on any atom is -0.462 e. The molecule has 0 aromatic carbocycles. The molecule has 0 N–H and O–H groups in total. The predicted octanol–water partition coefficient (Wildman–Crippen LogP) is 22.6. The van der Waals surface area contributed by atoms with Gasteiger partial charge in [0.1, 0.15) is 13.2 Å². The van der Waals surface area contributed by atoms with Crippen LogP contribution < -0.4 is 0 Å². The molecule has 0 amide bonds. The number of allylic oxidation sites excluding steroid dienone is 18. The first-order valence-corrected chi connectivity index (χ1v) is 32.9. The van der Waals surface area contributed by atoms with Crippen molar-refractivity contribution in [1.82, 2.24) is 0 Å². The molecule has 0 rings (SSSR count).